The van der Waals surface area contributed by atoms with E-state index in [2.05, 4.69) is 61.4 Å². The van der Waals surface area contributed by atoms with Crippen molar-refractivity contribution in [2.45, 2.75) is 38.8 Å². The number of likely N-dealkylation sites (tertiary alicyclic amines) is 1. The first kappa shape index (κ1) is 13.6. The second-order valence-corrected chi connectivity index (χ2v) is 5.72. The highest BCUT2D eigenvalue weighted by Gasteiger charge is 2.27. The molecule has 1 fully saturated rings. The summed E-state index contributed by atoms with van der Waals surface area (Å²) in [7, 11) is 2.08. The average Bonchev–Trinajstić information content (AvgIpc) is 2.40. The van der Waals surface area contributed by atoms with Crippen LogP contribution < -0.4 is 5.32 Å². The third-order valence-corrected chi connectivity index (χ3v) is 4.03. The standard InChI is InChI=1S/C16H26N2/c1-13(2)16(14-8-5-4-6-9-14)18-11-7-10-15(12-18)17-3/h4-6,8-9,13,15-17H,7,10-12H2,1-3H3. The predicted octanol–water partition coefficient (Wildman–Crippen LogP) is 3.07. The Morgan fingerprint density at radius 3 is 2.56 bits per heavy atom. The number of piperidine rings is 1. The molecule has 1 aromatic rings. The van der Waals surface area contributed by atoms with Gasteiger partial charge in [0.15, 0.2) is 0 Å². The van der Waals surface area contributed by atoms with Crippen LogP contribution in [-0.2, 0) is 0 Å². The van der Waals surface area contributed by atoms with Gasteiger partial charge >= 0.3 is 0 Å². The van der Waals surface area contributed by atoms with Crippen LogP contribution in [0, 0.1) is 5.92 Å². The maximum absolute atomic E-state index is 3.44. The Bertz CT molecular complexity index is 347. The quantitative estimate of drug-likeness (QED) is 0.878. The first-order valence-electron chi connectivity index (χ1n) is 7.18. The van der Waals surface area contributed by atoms with Crippen molar-refractivity contribution < 1.29 is 0 Å². The molecule has 2 unspecified atom stereocenters. The number of hydrogen-bond acceptors (Lipinski definition) is 2. The monoisotopic (exact) mass is 246 g/mol. The molecule has 2 atom stereocenters. The van der Waals surface area contributed by atoms with E-state index < -0.39 is 0 Å². The second-order valence-electron chi connectivity index (χ2n) is 5.72. The molecule has 1 aliphatic heterocycles. The number of hydrogen-bond donors (Lipinski definition) is 1. The summed E-state index contributed by atoms with van der Waals surface area (Å²) in [6.07, 6.45) is 2.62. The van der Waals surface area contributed by atoms with Crippen LogP contribution in [0.3, 0.4) is 0 Å². The Kier molecular flexibility index (Phi) is 4.79. The molecule has 0 aromatic heterocycles. The lowest BCUT2D eigenvalue weighted by molar-refractivity contribution is 0.110. The van der Waals surface area contributed by atoms with Crippen molar-refractivity contribution >= 4 is 0 Å². The molecule has 1 N–H and O–H groups in total. The van der Waals surface area contributed by atoms with E-state index >= 15 is 0 Å². The topological polar surface area (TPSA) is 15.3 Å². The van der Waals surface area contributed by atoms with Crippen LogP contribution in [0.25, 0.3) is 0 Å². The molecule has 1 saturated heterocycles. The van der Waals surface area contributed by atoms with Gasteiger partial charge in [0.1, 0.15) is 0 Å². The molecule has 1 aliphatic rings. The normalized spacial score (nSPS) is 23.2. The highest BCUT2D eigenvalue weighted by molar-refractivity contribution is 5.19. The van der Waals surface area contributed by atoms with Gasteiger partial charge in [-0.25, -0.2) is 0 Å². The molecular weight excluding hydrogens is 220 g/mol. The van der Waals surface area contributed by atoms with Crippen LogP contribution in [0.1, 0.15) is 38.3 Å². The Hall–Kier alpha value is -0.860. The van der Waals surface area contributed by atoms with Crippen LogP contribution in [0.2, 0.25) is 0 Å². The molecule has 1 aromatic carbocycles. The molecule has 0 saturated carbocycles. The van der Waals surface area contributed by atoms with Gasteiger partial charge in [-0.2, -0.15) is 0 Å². The van der Waals surface area contributed by atoms with E-state index in [0.29, 0.717) is 18.0 Å². The van der Waals surface area contributed by atoms with E-state index in [0.717, 1.165) is 0 Å². The zero-order chi connectivity index (χ0) is 13.0. The Morgan fingerprint density at radius 2 is 1.94 bits per heavy atom. The van der Waals surface area contributed by atoms with Gasteiger partial charge in [0.2, 0.25) is 0 Å². The van der Waals surface area contributed by atoms with Crippen molar-refractivity contribution in [2.24, 2.45) is 5.92 Å². The molecular formula is C16H26N2. The van der Waals surface area contributed by atoms with Crippen molar-refractivity contribution in [1.29, 1.82) is 0 Å². The molecule has 18 heavy (non-hydrogen) atoms. The summed E-state index contributed by atoms with van der Waals surface area (Å²) < 4.78 is 0. The predicted molar refractivity (Wildman–Crippen MR) is 77.7 cm³/mol. The van der Waals surface area contributed by atoms with Crippen molar-refractivity contribution in [1.82, 2.24) is 10.2 Å². The molecule has 100 valence electrons. The molecule has 2 heteroatoms. The first-order valence-corrected chi connectivity index (χ1v) is 7.18. The van der Waals surface area contributed by atoms with Gasteiger partial charge in [-0.3, -0.25) is 4.90 Å². The lowest BCUT2D eigenvalue weighted by Gasteiger charge is -2.40. The summed E-state index contributed by atoms with van der Waals surface area (Å²) in [5.41, 5.74) is 1.46. The SMILES string of the molecule is CNC1CCCN(C(c2ccccc2)C(C)C)C1. The van der Waals surface area contributed by atoms with Crippen molar-refractivity contribution in [3.8, 4) is 0 Å². The lowest BCUT2D eigenvalue weighted by Crippen LogP contribution is -2.46. The summed E-state index contributed by atoms with van der Waals surface area (Å²) in [4.78, 5) is 2.66. The summed E-state index contributed by atoms with van der Waals surface area (Å²) in [5, 5.41) is 3.44. The summed E-state index contributed by atoms with van der Waals surface area (Å²) in [6, 6.07) is 12.2. The number of benzene rings is 1. The minimum absolute atomic E-state index is 0.558. The number of nitrogens with zero attached hydrogens (tertiary/aromatic N) is 1. The molecule has 2 rings (SSSR count). The van der Waals surface area contributed by atoms with Gasteiger partial charge < -0.3 is 5.32 Å². The molecule has 0 aliphatic carbocycles. The van der Waals surface area contributed by atoms with Crippen molar-refractivity contribution in [3.63, 3.8) is 0 Å². The van der Waals surface area contributed by atoms with Gasteiger partial charge in [0.25, 0.3) is 0 Å². The van der Waals surface area contributed by atoms with E-state index in [9.17, 15) is 0 Å². The molecule has 1 heterocycles. The molecule has 0 spiro atoms. The fourth-order valence-corrected chi connectivity index (χ4v) is 3.16. The van der Waals surface area contributed by atoms with Crippen LogP contribution in [0.5, 0.6) is 0 Å². The van der Waals surface area contributed by atoms with E-state index in [1.165, 1.54) is 31.5 Å². The molecule has 0 bridgehead atoms. The fourth-order valence-electron chi connectivity index (χ4n) is 3.16. The van der Waals surface area contributed by atoms with E-state index in [1.807, 2.05) is 0 Å². The summed E-state index contributed by atoms with van der Waals surface area (Å²) in [5.74, 6) is 0.656. The maximum Gasteiger partial charge on any atom is 0.0371 e. The molecule has 2 nitrogen and oxygen atoms in total. The van der Waals surface area contributed by atoms with Gasteiger partial charge in [-0.05, 0) is 37.9 Å². The zero-order valence-corrected chi connectivity index (χ0v) is 11.9. The van der Waals surface area contributed by atoms with Gasteiger partial charge in [0, 0.05) is 18.6 Å². The largest absolute Gasteiger partial charge is 0.316 e. The summed E-state index contributed by atoms with van der Waals surface area (Å²) in [6.45, 7) is 7.07. The lowest BCUT2D eigenvalue weighted by atomic mass is 9.92. The number of nitrogens with one attached hydrogen (secondary N) is 1. The van der Waals surface area contributed by atoms with Gasteiger partial charge in [0.05, 0.1) is 0 Å². The Balaban J connectivity index is 2.15. The summed E-state index contributed by atoms with van der Waals surface area (Å²) >= 11 is 0. The third kappa shape index (κ3) is 3.12. The fraction of sp³-hybridized carbons (Fsp3) is 0.625. The highest BCUT2D eigenvalue weighted by atomic mass is 15.2. The Labute approximate surface area is 111 Å². The third-order valence-electron chi connectivity index (χ3n) is 4.03. The van der Waals surface area contributed by atoms with Gasteiger partial charge in [-0.15, -0.1) is 0 Å². The zero-order valence-electron chi connectivity index (χ0n) is 11.9. The van der Waals surface area contributed by atoms with Crippen LogP contribution >= 0.6 is 0 Å². The average molecular weight is 246 g/mol. The molecule has 0 radical (unpaired) electrons. The molecule has 0 amide bonds. The van der Waals surface area contributed by atoms with Crippen LogP contribution in [0.15, 0.2) is 30.3 Å². The minimum atomic E-state index is 0.558. The van der Waals surface area contributed by atoms with Crippen molar-refractivity contribution in [2.75, 3.05) is 20.1 Å². The number of likely N-dealkylation sites (N-methyl/N-ethyl adjacent to an activating group) is 1. The van der Waals surface area contributed by atoms with E-state index in [-0.39, 0.29) is 0 Å². The smallest absolute Gasteiger partial charge is 0.0371 e. The number of rotatable bonds is 4. The Morgan fingerprint density at radius 1 is 1.22 bits per heavy atom. The maximum atomic E-state index is 3.44. The van der Waals surface area contributed by atoms with Crippen LogP contribution in [-0.4, -0.2) is 31.1 Å². The highest BCUT2D eigenvalue weighted by Crippen LogP contribution is 2.30. The van der Waals surface area contributed by atoms with E-state index in [1.54, 1.807) is 0 Å². The van der Waals surface area contributed by atoms with Crippen LogP contribution in [0.4, 0.5) is 0 Å². The second kappa shape index (κ2) is 6.35. The first-order chi connectivity index (χ1) is 8.72. The minimum Gasteiger partial charge on any atom is -0.316 e. The van der Waals surface area contributed by atoms with E-state index in [4.69, 9.17) is 0 Å². The van der Waals surface area contributed by atoms with Gasteiger partial charge in [-0.1, -0.05) is 44.2 Å². The van der Waals surface area contributed by atoms with Crippen molar-refractivity contribution in [3.05, 3.63) is 35.9 Å².